The third-order valence-corrected chi connectivity index (χ3v) is 5.05. The number of nitrogens with one attached hydrogen (secondary N) is 1. The molecule has 1 amide bonds. The molecule has 0 spiro atoms. The zero-order valence-corrected chi connectivity index (χ0v) is 15.3. The van der Waals surface area contributed by atoms with Crippen molar-refractivity contribution in [3.05, 3.63) is 11.8 Å². The third kappa shape index (κ3) is 4.39. The van der Waals surface area contributed by atoms with E-state index >= 15 is 0 Å². The van der Waals surface area contributed by atoms with Gasteiger partial charge in [0.05, 0.1) is 13.0 Å². The van der Waals surface area contributed by atoms with Crippen LogP contribution >= 0.6 is 0 Å². The second-order valence-electron chi connectivity index (χ2n) is 7.16. The number of amides is 1. The summed E-state index contributed by atoms with van der Waals surface area (Å²) in [4.78, 5) is 23.7. The fraction of sp³-hybridized carbons (Fsp3) is 0.722. The van der Waals surface area contributed by atoms with Gasteiger partial charge in [0.2, 0.25) is 17.7 Å². The minimum atomic E-state index is -0.0634. The summed E-state index contributed by atoms with van der Waals surface area (Å²) < 4.78 is 10.7. The van der Waals surface area contributed by atoms with E-state index in [-0.39, 0.29) is 11.8 Å². The second-order valence-corrected chi connectivity index (χ2v) is 7.16. The topological polar surface area (TPSA) is 76.6 Å². The second kappa shape index (κ2) is 7.99. The summed E-state index contributed by atoms with van der Waals surface area (Å²) in [6.45, 7) is 7.83. The predicted octanol–water partition coefficient (Wildman–Crippen LogP) is 1.73. The van der Waals surface area contributed by atoms with Crippen LogP contribution < -0.4 is 10.1 Å². The molecule has 0 saturated carbocycles. The van der Waals surface area contributed by atoms with Crippen LogP contribution in [0.1, 0.15) is 25.5 Å². The standard InChI is InChI=1S/C18H28N4O3/c1-12-10-22(11-12)17(23)15(14-4-6-25-7-5-14)9-19-18-20-13(2)8-16(21-18)24-3/h8,12,14-15H,4-7,9-11H2,1-3H3,(H,19,20,21). The number of carbonyl (C=O) groups excluding carboxylic acids is 1. The summed E-state index contributed by atoms with van der Waals surface area (Å²) in [5, 5.41) is 3.26. The Morgan fingerprint density at radius 2 is 2.12 bits per heavy atom. The van der Waals surface area contributed by atoms with Crippen LogP contribution in [0.15, 0.2) is 6.07 Å². The largest absolute Gasteiger partial charge is 0.481 e. The first kappa shape index (κ1) is 17.9. The number of likely N-dealkylation sites (tertiary alicyclic amines) is 1. The van der Waals surface area contributed by atoms with E-state index in [1.54, 1.807) is 13.2 Å². The minimum Gasteiger partial charge on any atom is -0.481 e. The number of rotatable bonds is 6. The maximum absolute atomic E-state index is 13.0. The zero-order chi connectivity index (χ0) is 17.8. The van der Waals surface area contributed by atoms with E-state index in [1.807, 2.05) is 11.8 Å². The Hall–Kier alpha value is -1.89. The Labute approximate surface area is 149 Å². The van der Waals surface area contributed by atoms with Gasteiger partial charge in [-0.05, 0) is 31.6 Å². The lowest BCUT2D eigenvalue weighted by atomic mass is 9.83. The fourth-order valence-corrected chi connectivity index (χ4v) is 3.61. The van der Waals surface area contributed by atoms with Gasteiger partial charge >= 0.3 is 0 Å². The SMILES string of the molecule is COc1cc(C)nc(NCC(C(=O)N2CC(C)C2)C2CCOCC2)n1. The zero-order valence-electron chi connectivity index (χ0n) is 15.3. The first-order chi connectivity index (χ1) is 12.1. The molecule has 2 aliphatic rings. The van der Waals surface area contributed by atoms with Crippen LogP contribution in [0, 0.1) is 24.7 Å². The lowest BCUT2D eigenvalue weighted by molar-refractivity contribution is -0.144. The van der Waals surface area contributed by atoms with Crippen molar-refractivity contribution in [2.45, 2.75) is 26.7 Å². The fourth-order valence-electron chi connectivity index (χ4n) is 3.61. The van der Waals surface area contributed by atoms with Crippen LogP contribution in [-0.4, -0.2) is 60.7 Å². The molecular formula is C18H28N4O3. The van der Waals surface area contributed by atoms with Crippen molar-refractivity contribution in [3.63, 3.8) is 0 Å². The van der Waals surface area contributed by atoms with Crippen LogP contribution in [-0.2, 0) is 9.53 Å². The van der Waals surface area contributed by atoms with Crippen molar-refractivity contribution in [1.29, 1.82) is 0 Å². The highest BCUT2D eigenvalue weighted by Gasteiger charge is 2.36. The third-order valence-electron chi connectivity index (χ3n) is 5.05. The maximum atomic E-state index is 13.0. The molecule has 0 bridgehead atoms. The molecule has 1 aromatic heterocycles. The van der Waals surface area contributed by atoms with Gasteiger partial charge in [-0.15, -0.1) is 0 Å². The molecule has 3 rings (SSSR count). The van der Waals surface area contributed by atoms with Crippen molar-refractivity contribution in [1.82, 2.24) is 14.9 Å². The first-order valence-corrected chi connectivity index (χ1v) is 9.07. The van der Waals surface area contributed by atoms with Crippen molar-refractivity contribution < 1.29 is 14.3 Å². The number of carbonyl (C=O) groups is 1. The lowest BCUT2D eigenvalue weighted by Gasteiger charge is -2.41. The molecule has 0 radical (unpaired) electrons. The van der Waals surface area contributed by atoms with Crippen molar-refractivity contribution in [2.75, 3.05) is 45.3 Å². The van der Waals surface area contributed by atoms with Gasteiger partial charge < -0.3 is 19.7 Å². The molecule has 0 aromatic carbocycles. The summed E-state index contributed by atoms with van der Waals surface area (Å²) in [5.74, 6) is 2.18. The van der Waals surface area contributed by atoms with Gasteiger partial charge in [0.1, 0.15) is 0 Å². The van der Waals surface area contributed by atoms with E-state index in [0.29, 0.717) is 30.2 Å². The van der Waals surface area contributed by atoms with Crippen LogP contribution in [0.3, 0.4) is 0 Å². The Balaban J connectivity index is 1.68. The lowest BCUT2D eigenvalue weighted by Crippen LogP contribution is -2.53. The molecular weight excluding hydrogens is 320 g/mol. The molecule has 2 fully saturated rings. The summed E-state index contributed by atoms with van der Waals surface area (Å²) >= 11 is 0. The predicted molar refractivity (Wildman–Crippen MR) is 94.6 cm³/mol. The van der Waals surface area contributed by atoms with Gasteiger partial charge in [-0.25, -0.2) is 4.98 Å². The number of methoxy groups -OCH3 is 1. The Morgan fingerprint density at radius 3 is 2.76 bits per heavy atom. The van der Waals surface area contributed by atoms with Crippen molar-refractivity contribution in [2.24, 2.45) is 17.8 Å². The van der Waals surface area contributed by atoms with E-state index in [2.05, 4.69) is 22.2 Å². The molecule has 1 atom stereocenters. The molecule has 7 heteroatoms. The molecule has 25 heavy (non-hydrogen) atoms. The number of nitrogens with zero attached hydrogens (tertiary/aromatic N) is 3. The molecule has 2 saturated heterocycles. The van der Waals surface area contributed by atoms with Crippen LogP contribution in [0.2, 0.25) is 0 Å². The maximum Gasteiger partial charge on any atom is 0.227 e. The first-order valence-electron chi connectivity index (χ1n) is 9.07. The summed E-state index contributed by atoms with van der Waals surface area (Å²) in [7, 11) is 1.59. The summed E-state index contributed by atoms with van der Waals surface area (Å²) in [6, 6.07) is 1.79. The normalized spacial score (nSPS) is 20.0. The minimum absolute atomic E-state index is 0.0634. The monoisotopic (exact) mass is 348 g/mol. The molecule has 2 aliphatic heterocycles. The van der Waals surface area contributed by atoms with E-state index in [0.717, 1.165) is 44.8 Å². The highest BCUT2D eigenvalue weighted by atomic mass is 16.5. The smallest absolute Gasteiger partial charge is 0.227 e. The van der Waals surface area contributed by atoms with E-state index in [9.17, 15) is 4.79 Å². The van der Waals surface area contributed by atoms with Gasteiger partial charge in [0, 0.05) is 44.6 Å². The van der Waals surface area contributed by atoms with Crippen molar-refractivity contribution in [3.8, 4) is 5.88 Å². The van der Waals surface area contributed by atoms with Crippen LogP contribution in [0.4, 0.5) is 5.95 Å². The number of ether oxygens (including phenoxy) is 2. The molecule has 1 aromatic rings. The number of hydrogen-bond acceptors (Lipinski definition) is 6. The summed E-state index contributed by atoms with van der Waals surface area (Å²) in [6.07, 6.45) is 1.86. The average Bonchev–Trinajstić information content (AvgIpc) is 2.59. The van der Waals surface area contributed by atoms with E-state index in [1.165, 1.54) is 0 Å². The number of anilines is 1. The average molecular weight is 348 g/mol. The van der Waals surface area contributed by atoms with Gasteiger partial charge in [-0.2, -0.15) is 4.98 Å². The molecule has 138 valence electrons. The Morgan fingerprint density at radius 1 is 1.40 bits per heavy atom. The quantitative estimate of drug-likeness (QED) is 0.844. The van der Waals surface area contributed by atoms with Crippen LogP contribution in [0.25, 0.3) is 0 Å². The number of aryl methyl sites for hydroxylation is 1. The molecule has 0 aliphatic carbocycles. The Bertz CT molecular complexity index is 598. The van der Waals surface area contributed by atoms with Gasteiger partial charge in [0.25, 0.3) is 0 Å². The van der Waals surface area contributed by atoms with Gasteiger partial charge in [-0.1, -0.05) is 6.92 Å². The summed E-state index contributed by atoms with van der Waals surface area (Å²) in [5.41, 5.74) is 0.833. The molecule has 3 heterocycles. The Kier molecular flexibility index (Phi) is 5.73. The van der Waals surface area contributed by atoms with E-state index < -0.39 is 0 Å². The van der Waals surface area contributed by atoms with Crippen LogP contribution in [0.5, 0.6) is 5.88 Å². The van der Waals surface area contributed by atoms with Gasteiger partial charge in [0.15, 0.2) is 0 Å². The highest BCUT2D eigenvalue weighted by molar-refractivity contribution is 5.80. The highest BCUT2D eigenvalue weighted by Crippen LogP contribution is 2.28. The van der Waals surface area contributed by atoms with Crippen molar-refractivity contribution >= 4 is 11.9 Å². The number of aromatic nitrogens is 2. The van der Waals surface area contributed by atoms with E-state index in [4.69, 9.17) is 9.47 Å². The molecule has 1 N–H and O–H groups in total. The number of hydrogen-bond donors (Lipinski definition) is 1. The van der Waals surface area contributed by atoms with Gasteiger partial charge in [-0.3, -0.25) is 4.79 Å². The molecule has 1 unspecified atom stereocenters. The molecule has 7 nitrogen and oxygen atoms in total.